The Morgan fingerprint density at radius 2 is 2.29 bits per heavy atom. The summed E-state index contributed by atoms with van der Waals surface area (Å²) in [5.74, 6) is 0. The summed E-state index contributed by atoms with van der Waals surface area (Å²) in [6, 6.07) is 0.269. The molecule has 0 atom stereocenters. The van der Waals surface area contributed by atoms with Crippen LogP contribution in [0.3, 0.4) is 0 Å². The monoisotopic (exact) mass is 190 g/mol. The number of fused-ring (bicyclic) bond motifs is 1. The van der Waals surface area contributed by atoms with Gasteiger partial charge in [-0.1, -0.05) is 0 Å². The van der Waals surface area contributed by atoms with E-state index in [4.69, 9.17) is 0 Å². The number of carbonyl (C=O) groups is 1. The van der Waals surface area contributed by atoms with Crippen molar-refractivity contribution in [2.24, 2.45) is 0 Å². The van der Waals surface area contributed by atoms with Crippen molar-refractivity contribution >= 4 is 17.5 Å². The highest BCUT2D eigenvalue weighted by molar-refractivity contribution is 5.77. The van der Waals surface area contributed by atoms with E-state index in [1.54, 1.807) is 10.9 Å². The minimum absolute atomic E-state index is 0.269. The van der Waals surface area contributed by atoms with Gasteiger partial charge in [0.2, 0.25) is 0 Å². The average molecular weight is 190 g/mol. The van der Waals surface area contributed by atoms with E-state index < -0.39 is 0 Å². The van der Waals surface area contributed by atoms with Gasteiger partial charge in [0, 0.05) is 6.04 Å². The first kappa shape index (κ1) is 8.80. The molecule has 2 aromatic rings. The summed E-state index contributed by atoms with van der Waals surface area (Å²) < 4.78 is 1.78. The van der Waals surface area contributed by atoms with Gasteiger partial charge in [-0.15, -0.1) is 0 Å². The molecule has 0 fully saturated rings. The third-order valence-electron chi connectivity index (χ3n) is 1.91. The minimum atomic E-state index is 0.269. The lowest BCUT2D eigenvalue weighted by Crippen LogP contribution is -2.00. The Labute approximate surface area is 80.8 Å². The second kappa shape index (κ2) is 3.17. The molecule has 0 amide bonds. The lowest BCUT2D eigenvalue weighted by atomic mass is 10.4. The van der Waals surface area contributed by atoms with E-state index >= 15 is 0 Å². The maximum Gasteiger partial charge on any atom is 0.199 e. The number of aromatic nitrogens is 4. The van der Waals surface area contributed by atoms with Gasteiger partial charge in [0.15, 0.2) is 11.9 Å². The Morgan fingerprint density at radius 3 is 2.93 bits per heavy atom. The van der Waals surface area contributed by atoms with Gasteiger partial charge in [0.25, 0.3) is 0 Å². The Morgan fingerprint density at radius 1 is 1.50 bits per heavy atom. The number of hydrogen-bond acceptors (Lipinski definition) is 4. The largest absolute Gasteiger partial charge is 0.296 e. The molecule has 2 aromatic heterocycles. The molecule has 0 radical (unpaired) electrons. The second-order valence-electron chi connectivity index (χ2n) is 3.32. The summed E-state index contributed by atoms with van der Waals surface area (Å²) in [5.41, 5.74) is 1.56. The van der Waals surface area contributed by atoms with Crippen LogP contribution >= 0.6 is 0 Å². The van der Waals surface area contributed by atoms with Gasteiger partial charge in [0.05, 0.1) is 12.4 Å². The molecule has 0 unspecified atom stereocenters. The standard InChI is InChI=1S/C9H10N4O/c1-6(2)13-4-8-9(12-13)10-3-7(5-14)11-8/h3-6H,1-2H3. The highest BCUT2D eigenvalue weighted by Crippen LogP contribution is 2.10. The van der Waals surface area contributed by atoms with E-state index in [9.17, 15) is 4.79 Å². The average Bonchev–Trinajstić information content (AvgIpc) is 2.59. The van der Waals surface area contributed by atoms with E-state index in [-0.39, 0.29) is 6.04 Å². The van der Waals surface area contributed by atoms with E-state index in [2.05, 4.69) is 15.1 Å². The van der Waals surface area contributed by atoms with E-state index in [0.29, 0.717) is 23.1 Å². The summed E-state index contributed by atoms with van der Waals surface area (Å²) >= 11 is 0. The lowest BCUT2D eigenvalue weighted by molar-refractivity contribution is 0.111. The Hall–Kier alpha value is -1.78. The van der Waals surface area contributed by atoms with E-state index in [0.717, 1.165) is 0 Å². The molecule has 14 heavy (non-hydrogen) atoms. The first-order valence-electron chi connectivity index (χ1n) is 4.38. The van der Waals surface area contributed by atoms with Crippen LogP contribution in [0.25, 0.3) is 11.2 Å². The Bertz CT molecular complexity index is 475. The van der Waals surface area contributed by atoms with Gasteiger partial charge in [-0.05, 0) is 13.8 Å². The molecule has 72 valence electrons. The first-order valence-corrected chi connectivity index (χ1v) is 4.38. The summed E-state index contributed by atoms with van der Waals surface area (Å²) in [5, 5.41) is 4.21. The summed E-state index contributed by atoms with van der Waals surface area (Å²) in [6.45, 7) is 4.04. The van der Waals surface area contributed by atoms with Crippen LogP contribution in [0.15, 0.2) is 12.4 Å². The maximum atomic E-state index is 10.5. The van der Waals surface area contributed by atoms with E-state index in [1.165, 1.54) is 6.20 Å². The maximum absolute atomic E-state index is 10.5. The molecule has 0 aliphatic rings. The van der Waals surface area contributed by atoms with Gasteiger partial charge in [-0.3, -0.25) is 9.48 Å². The quantitative estimate of drug-likeness (QED) is 0.668. The molecule has 0 aliphatic heterocycles. The molecule has 0 spiro atoms. The molecule has 0 saturated carbocycles. The molecule has 2 heterocycles. The molecule has 5 nitrogen and oxygen atoms in total. The molecule has 0 saturated heterocycles. The molecule has 5 heteroatoms. The highest BCUT2D eigenvalue weighted by atomic mass is 16.1. The smallest absolute Gasteiger partial charge is 0.199 e. The van der Waals surface area contributed by atoms with Crippen LogP contribution in [0.4, 0.5) is 0 Å². The van der Waals surface area contributed by atoms with Crippen LogP contribution in [-0.2, 0) is 0 Å². The van der Waals surface area contributed by atoms with Crippen LogP contribution in [-0.4, -0.2) is 26.0 Å². The van der Waals surface area contributed by atoms with Crippen LogP contribution in [0.2, 0.25) is 0 Å². The lowest BCUT2D eigenvalue weighted by Gasteiger charge is -2.01. The molecule has 0 bridgehead atoms. The SMILES string of the molecule is CC(C)n1cc2nc(C=O)cnc2n1. The summed E-state index contributed by atoms with van der Waals surface area (Å²) in [6.07, 6.45) is 3.89. The van der Waals surface area contributed by atoms with Crippen LogP contribution in [0, 0.1) is 0 Å². The number of nitrogens with zero attached hydrogens (tertiary/aromatic N) is 4. The zero-order valence-corrected chi connectivity index (χ0v) is 8.01. The highest BCUT2D eigenvalue weighted by Gasteiger charge is 2.06. The van der Waals surface area contributed by atoms with Gasteiger partial charge in [-0.25, -0.2) is 9.97 Å². The Balaban J connectivity index is 2.59. The van der Waals surface area contributed by atoms with Gasteiger partial charge in [0.1, 0.15) is 11.2 Å². The summed E-state index contributed by atoms with van der Waals surface area (Å²) in [7, 11) is 0. The van der Waals surface area contributed by atoms with Gasteiger partial charge in [-0.2, -0.15) is 5.10 Å². The van der Waals surface area contributed by atoms with Crippen molar-refractivity contribution in [3.8, 4) is 0 Å². The van der Waals surface area contributed by atoms with Crippen molar-refractivity contribution in [1.82, 2.24) is 19.7 Å². The van der Waals surface area contributed by atoms with Crippen molar-refractivity contribution in [3.63, 3.8) is 0 Å². The predicted molar refractivity (Wildman–Crippen MR) is 51.1 cm³/mol. The van der Waals surface area contributed by atoms with Gasteiger partial charge >= 0.3 is 0 Å². The summed E-state index contributed by atoms with van der Waals surface area (Å²) in [4.78, 5) is 18.6. The van der Waals surface area contributed by atoms with Crippen LogP contribution in [0.1, 0.15) is 30.4 Å². The van der Waals surface area contributed by atoms with Crippen molar-refractivity contribution in [2.45, 2.75) is 19.9 Å². The first-order chi connectivity index (χ1) is 6.70. The third kappa shape index (κ3) is 1.37. The van der Waals surface area contributed by atoms with Crippen LogP contribution in [0.5, 0.6) is 0 Å². The molecule has 0 aliphatic carbocycles. The second-order valence-corrected chi connectivity index (χ2v) is 3.32. The number of hydrogen-bond donors (Lipinski definition) is 0. The van der Waals surface area contributed by atoms with Crippen LogP contribution < -0.4 is 0 Å². The van der Waals surface area contributed by atoms with Crippen molar-refractivity contribution in [3.05, 3.63) is 18.1 Å². The topological polar surface area (TPSA) is 60.7 Å². The molecule has 0 N–H and O–H groups in total. The normalized spacial score (nSPS) is 11.1. The zero-order chi connectivity index (χ0) is 10.1. The number of carbonyl (C=O) groups excluding carboxylic acids is 1. The number of rotatable bonds is 2. The third-order valence-corrected chi connectivity index (χ3v) is 1.91. The minimum Gasteiger partial charge on any atom is -0.296 e. The zero-order valence-electron chi connectivity index (χ0n) is 8.01. The van der Waals surface area contributed by atoms with Crippen molar-refractivity contribution in [2.75, 3.05) is 0 Å². The fourth-order valence-corrected chi connectivity index (χ4v) is 1.16. The molecule has 0 aromatic carbocycles. The molecule has 2 rings (SSSR count). The van der Waals surface area contributed by atoms with Crippen molar-refractivity contribution in [1.29, 1.82) is 0 Å². The van der Waals surface area contributed by atoms with E-state index in [1.807, 2.05) is 13.8 Å². The predicted octanol–water partition coefficient (Wildman–Crippen LogP) is 1.22. The fourth-order valence-electron chi connectivity index (χ4n) is 1.16. The number of aldehydes is 1. The van der Waals surface area contributed by atoms with Crippen molar-refractivity contribution < 1.29 is 4.79 Å². The fraction of sp³-hybridized carbons (Fsp3) is 0.333. The molecular weight excluding hydrogens is 180 g/mol. The van der Waals surface area contributed by atoms with Gasteiger partial charge < -0.3 is 0 Å². The Kier molecular flexibility index (Phi) is 1.99. The molecular formula is C9H10N4O.